The van der Waals surface area contributed by atoms with Gasteiger partial charge in [0.2, 0.25) is 17.7 Å². The number of nitrogens with zero attached hydrogens (tertiary/aromatic N) is 3. The van der Waals surface area contributed by atoms with Crippen molar-refractivity contribution in [3.05, 3.63) is 61.2 Å². The van der Waals surface area contributed by atoms with Crippen molar-refractivity contribution in [3.63, 3.8) is 0 Å². The topological polar surface area (TPSA) is 117 Å². The Morgan fingerprint density at radius 3 is 2.41 bits per heavy atom. The van der Waals surface area contributed by atoms with Crippen LogP contribution in [0.4, 0.5) is 0 Å². The SMILES string of the molecule is C=CCCC(=O)N(C)[C@H](C)[C@H](OC(=O)[C@@H]1[C@H]2O[C@@]3(CC2Br)[C@H](C(=O)N(CC=C)C(C)CCC)N([C@@H](CO)C(C)C)C(=O)[C@@H]13)c1ccccc1. The van der Waals surface area contributed by atoms with E-state index in [-0.39, 0.29) is 48.2 Å². The van der Waals surface area contributed by atoms with Crippen LogP contribution in [-0.2, 0) is 28.7 Å². The van der Waals surface area contributed by atoms with E-state index in [1.165, 1.54) is 4.90 Å². The lowest BCUT2D eigenvalue weighted by atomic mass is 9.70. The van der Waals surface area contributed by atoms with Crippen LogP contribution < -0.4 is 0 Å². The van der Waals surface area contributed by atoms with Crippen molar-refractivity contribution in [1.29, 1.82) is 0 Å². The molecule has 49 heavy (non-hydrogen) atoms. The van der Waals surface area contributed by atoms with E-state index in [1.807, 2.05) is 58.0 Å². The minimum atomic E-state index is -1.31. The van der Waals surface area contributed by atoms with E-state index < -0.39 is 59.6 Å². The molecule has 3 fully saturated rings. The molecule has 2 bridgehead atoms. The van der Waals surface area contributed by atoms with E-state index in [9.17, 15) is 24.3 Å². The lowest BCUT2D eigenvalue weighted by molar-refractivity contribution is -0.165. The van der Waals surface area contributed by atoms with Gasteiger partial charge in [-0.25, -0.2) is 0 Å². The second kappa shape index (κ2) is 16.3. The van der Waals surface area contributed by atoms with Gasteiger partial charge in [-0.1, -0.05) is 85.6 Å². The minimum absolute atomic E-state index is 0.111. The maximum atomic E-state index is 14.8. The van der Waals surface area contributed by atoms with E-state index in [2.05, 4.69) is 36.0 Å². The first kappa shape index (κ1) is 38.8. The molecule has 3 aliphatic rings. The fourth-order valence-electron chi connectivity index (χ4n) is 8.07. The molecule has 0 aromatic heterocycles. The second-order valence-electron chi connectivity index (χ2n) is 14.2. The molecule has 1 aromatic rings. The quantitative estimate of drug-likeness (QED) is 0.135. The summed E-state index contributed by atoms with van der Waals surface area (Å²) in [7, 11) is 1.69. The maximum absolute atomic E-state index is 14.8. The number of aliphatic hydroxyl groups is 1. The summed E-state index contributed by atoms with van der Waals surface area (Å²) >= 11 is 3.75. The Morgan fingerprint density at radius 2 is 1.84 bits per heavy atom. The Hall–Kier alpha value is -3.02. The number of amides is 3. The smallest absolute Gasteiger partial charge is 0.313 e. The first-order chi connectivity index (χ1) is 23.3. The first-order valence-electron chi connectivity index (χ1n) is 17.6. The standard InChI is InChI=1S/C38H54BrN3O7/c1-9-12-19-29(44)40(8)25(7)32(26-17-14-13-15-18-26)48-37(47)30-31-35(45)42(28(22-43)23(4)5)34(38(31)21-27(39)33(30)49-38)36(46)41(20-11-3)24(6)16-10-2/h9,11,13-15,17-18,23-25,27-28,30-34,43H,1,3,10,12,16,19-22H2,2,4-8H3/t24?,25-,27?,28+,30+,31-,32+,33+,34+,38-/m1/s1. The van der Waals surface area contributed by atoms with Crippen molar-refractivity contribution in [2.75, 3.05) is 20.2 Å². The molecule has 10 atom stereocenters. The summed E-state index contributed by atoms with van der Waals surface area (Å²) in [5, 5.41) is 10.6. The van der Waals surface area contributed by atoms with Gasteiger partial charge in [0, 0.05) is 30.9 Å². The first-order valence-corrected chi connectivity index (χ1v) is 18.5. The van der Waals surface area contributed by atoms with Gasteiger partial charge in [0.15, 0.2) is 0 Å². The number of carbonyl (C=O) groups is 4. The average Bonchev–Trinajstić information content (AvgIpc) is 3.67. The van der Waals surface area contributed by atoms with Crippen LogP contribution >= 0.6 is 15.9 Å². The minimum Gasteiger partial charge on any atom is -0.455 e. The Balaban J connectivity index is 1.77. The molecule has 3 aliphatic heterocycles. The van der Waals surface area contributed by atoms with Gasteiger partial charge in [-0.2, -0.15) is 0 Å². The normalized spacial score (nSPS) is 28.1. The lowest BCUT2D eigenvalue weighted by Crippen LogP contribution is -2.61. The van der Waals surface area contributed by atoms with Crippen molar-refractivity contribution >= 4 is 39.6 Å². The highest BCUT2D eigenvalue weighted by Crippen LogP contribution is 2.61. The number of alkyl halides is 1. The molecular weight excluding hydrogens is 690 g/mol. The zero-order valence-corrected chi connectivity index (χ0v) is 31.4. The molecule has 11 heteroatoms. The fourth-order valence-corrected chi connectivity index (χ4v) is 9.02. The fraction of sp³-hybridized carbons (Fsp3) is 0.632. The lowest BCUT2D eigenvalue weighted by Gasteiger charge is -2.41. The van der Waals surface area contributed by atoms with Crippen molar-refractivity contribution in [1.82, 2.24) is 14.7 Å². The molecule has 2 unspecified atom stereocenters. The number of carbonyl (C=O) groups excluding carboxylic acids is 4. The third-order valence-electron chi connectivity index (χ3n) is 10.8. The van der Waals surface area contributed by atoms with Crippen LogP contribution in [0.25, 0.3) is 0 Å². The number of likely N-dealkylation sites (tertiary alicyclic amines) is 1. The number of hydrogen-bond donors (Lipinski definition) is 1. The number of aliphatic hydroxyl groups excluding tert-OH is 1. The van der Waals surface area contributed by atoms with Crippen molar-refractivity contribution < 1.29 is 33.8 Å². The van der Waals surface area contributed by atoms with Gasteiger partial charge >= 0.3 is 5.97 Å². The van der Waals surface area contributed by atoms with Crippen molar-refractivity contribution in [2.45, 2.75) is 114 Å². The Bertz CT molecular complexity index is 1370. The summed E-state index contributed by atoms with van der Waals surface area (Å²) in [6, 6.07) is 6.86. The Kier molecular flexibility index (Phi) is 12.9. The number of esters is 1. The van der Waals surface area contributed by atoms with E-state index >= 15 is 0 Å². The summed E-state index contributed by atoms with van der Waals surface area (Å²) in [5.41, 5.74) is -0.603. The third kappa shape index (κ3) is 7.26. The molecule has 10 nitrogen and oxygen atoms in total. The summed E-state index contributed by atoms with van der Waals surface area (Å²) < 4.78 is 13.1. The van der Waals surface area contributed by atoms with Crippen LogP contribution in [-0.4, -0.2) is 104 Å². The number of hydrogen-bond acceptors (Lipinski definition) is 7. The predicted octanol–water partition coefficient (Wildman–Crippen LogP) is 5.05. The molecule has 1 aromatic carbocycles. The molecule has 0 aliphatic carbocycles. The van der Waals surface area contributed by atoms with Gasteiger partial charge in [0.25, 0.3) is 0 Å². The molecule has 3 heterocycles. The molecular formula is C38H54BrN3O7. The van der Waals surface area contributed by atoms with Gasteiger partial charge in [0.1, 0.15) is 17.7 Å². The monoisotopic (exact) mass is 743 g/mol. The van der Waals surface area contributed by atoms with E-state index in [0.29, 0.717) is 18.4 Å². The predicted molar refractivity (Wildman–Crippen MR) is 191 cm³/mol. The zero-order chi connectivity index (χ0) is 36.2. The molecule has 0 radical (unpaired) electrons. The highest BCUT2D eigenvalue weighted by atomic mass is 79.9. The number of ether oxygens (including phenoxy) is 2. The van der Waals surface area contributed by atoms with Crippen LogP contribution in [0.2, 0.25) is 0 Å². The number of rotatable bonds is 17. The summed E-state index contributed by atoms with van der Waals surface area (Å²) in [5.74, 6) is -3.59. The average molecular weight is 745 g/mol. The van der Waals surface area contributed by atoms with Crippen LogP contribution in [0, 0.1) is 17.8 Å². The van der Waals surface area contributed by atoms with Crippen LogP contribution in [0.15, 0.2) is 55.6 Å². The summed E-state index contributed by atoms with van der Waals surface area (Å²) in [6.45, 7) is 17.2. The number of allylic oxidation sites excluding steroid dienone is 1. The number of halogens is 1. The molecule has 0 saturated carbocycles. The molecule has 3 amide bonds. The van der Waals surface area contributed by atoms with Crippen molar-refractivity contribution in [3.8, 4) is 0 Å². The van der Waals surface area contributed by atoms with Crippen LogP contribution in [0.1, 0.15) is 78.4 Å². The van der Waals surface area contributed by atoms with Crippen LogP contribution in [0.5, 0.6) is 0 Å². The molecule has 4 rings (SSSR count). The van der Waals surface area contributed by atoms with Gasteiger partial charge in [0.05, 0.1) is 36.6 Å². The van der Waals surface area contributed by atoms with E-state index in [4.69, 9.17) is 9.47 Å². The van der Waals surface area contributed by atoms with Gasteiger partial charge in [-0.05, 0) is 44.6 Å². The van der Waals surface area contributed by atoms with Crippen molar-refractivity contribution in [2.24, 2.45) is 17.8 Å². The largest absolute Gasteiger partial charge is 0.455 e. The van der Waals surface area contributed by atoms with E-state index in [1.54, 1.807) is 29.0 Å². The number of fused-ring (bicyclic) bond motifs is 1. The molecule has 3 saturated heterocycles. The third-order valence-corrected chi connectivity index (χ3v) is 11.6. The Morgan fingerprint density at radius 1 is 1.16 bits per heavy atom. The number of benzene rings is 1. The second-order valence-corrected chi connectivity index (χ2v) is 15.3. The summed E-state index contributed by atoms with van der Waals surface area (Å²) in [4.78, 5) is 61.6. The summed E-state index contributed by atoms with van der Waals surface area (Å²) in [6.07, 6.45) is 4.57. The van der Waals surface area contributed by atoms with Gasteiger partial charge < -0.3 is 29.3 Å². The molecule has 1 N–H and O–H groups in total. The van der Waals surface area contributed by atoms with E-state index in [0.717, 1.165) is 12.8 Å². The van der Waals surface area contributed by atoms with Gasteiger partial charge in [-0.3, -0.25) is 19.2 Å². The maximum Gasteiger partial charge on any atom is 0.313 e. The molecule has 1 spiro atoms. The molecule has 270 valence electrons. The van der Waals surface area contributed by atoms with Crippen LogP contribution in [0.3, 0.4) is 0 Å². The highest BCUT2D eigenvalue weighted by Gasteiger charge is 2.77. The number of likely N-dealkylation sites (N-methyl/N-ethyl adjacent to an activating group) is 1. The Labute approximate surface area is 300 Å². The van der Waals surface area contributed by atoms with Gasteiger partial charge in [-0.15, -0.1) is 13.2 Å². The zero-order valence-electron chi connectivity index (χ0n) is 29.8. The highest BCUT2D eigenvalue weighted by molar-refractivity contribution is 9.09.